The van der Waals surface area contributed by atoms with E-state index in [2.05, 4.69) is 24.1 Å². The number of amides is 1. The van der Waals surface area contributed by atoms with Crippen LogP contribution in [0.15, 0.2) is 61.1 Å². The van der Waals surface area contributed by atoms with Gasteiger partial charge in [-0.15, -0.1) is 0 Å². The number of rotatable bonds is 7. The zero-order chi connectivity index (χ0) is 20.1. The minimum absolute atomic E-state index is 0.109. The molecule has 0 radical (unpaired) electrons. The number of halogens is 1. The molecule has 1 heterocycles. The molecule has 2 aromatic carbocycles. The van der Waals surface area contributed by atoms with Gasteiger partial charge in [0.1, 0.15) is 5.69 Å². The maximum atomic E-state index is 12.8. The Labute approximate surface area is 171 Å². The molecule has 1 aromatic heterocycles. The largest absolute Gasteiger partial charge is 0.348 e. The molecule has 0 fully saturated rings. The van der Waals surface area contributed by atoms with E-state index >= 15 is 0 Å². The Bertz CT molecular complexity index is 948. The number of carbonyl (C=O) groups is 1. The number of carbonyl (C=O) groups excluding carboxylic acids is 1. The van der Waals surface area contributed by atoms with Crippen molar-refractivity contribution in [2.45, 2.75) is 39.7 Å². The average molecular weight is 396 g/mol. The first-order valence-electron chi connectivity index (χ1n) is 9.63. The Hall–Kier alpha value is -2.59. The Morgan fingerprint density at radius 1 is 1.07 bits per heavy atom. The molecule has 3 aromatic rings. The number of hydrogen-bond acceptors (Lipinski definition) is 2. The zero-order valence-electron chi connectivity index (χ0n) is 16.5. The molecular formula is C23H26ClN3O. The highest BCUT2D eigenvalue weighted by Gasteiger charge is 2.16. The molecule has 5 heteroatoms. The van der Waals surface area contributed by atoms with Gasteiger partial charge in [-0.05, 0) is 61.1 Å². The third-order valence-electron chi connectivity index (χ3n) is 4.71. The van der Waals surface area contributed by atoms with Crippen LogP contribution in [0.25, 0.3) is 16.8 Å². The van der Waals surface area contributed by atoms with E-state index < -0.39 is 0 Å². The van der Waals surface area contributed by atoms with E-state index in [-0.39, 0.29) is 11.9 Å². The Morgan fingerprint density at radius 2 is 1.79 bits per heavy atom. The van der Waals surface area contributed by atoms with Gasteiger partial charge in [0.25, 0.3) is 5.91 Å². The second-order valence-electron chi connectivity index (χ2n) is 7.56. The highest BCUT2D eigenvalue weighted by atomic mass is 35.5. The van der Waals surface area contributed by atoms with Gasteiger partial charge in [-0.25, -0.2) is 4.98 Å². The fourth-order valence-corrected chi connectivity index (χ4v) is 3.32. The first kappa shape index (κ1) is 20.2. The van der Waals surface area contributed by atoms with Gasteiger partial charge in [0.05, 0.1) is 12.5 Å². The van der Waals surface area contributed by atoms with Crippen molar-refractivity contribution in [3.8, 4) is 16.8 Å². The van der Waals surface area contributed by atoms with Gasteiger partial charge >= 0.3 is 0 Å². The van der Waals surface area contributed by atoms with Gasteiger partial charge in [-0.3, -0.25) is 9.36 Å². The Balaban J connectivity index is 1.82. The van der Waals surface area contributed by atoms with Crippen molar-refractivity contribution < 1.29 is 4.79 Å². The van der Waals surface area contributed by atoms with Gasteiger partial charge in [-0.2, -0.15) is 0 Å². The molecule has 4 nitrogen and oxygen atoms in total. The molecule has 28 heavy (non-hydrogen) atoms. The van der Waals surface area contributed by atoms with Crippen LogP contribution < -0.4 is 5.32 Å². The molecule has 0 aliphatic carbocycles. The normalized spacial score (nSPS) is 12.2. The van der Waals surface area contributed by atoms with E-state index in [1.54, 1.807) is 12.5 Å². The summed E-state index contributed by atoms with van der Waals surface area (Å²) in [6.45, 7) is 6.42. The molecule has 0 aliphatic rings. The van der Waals surface area contributed by atoms with Gasteiger partial charge < -0.3 is 5.32 Å². The van der Waals surface area contributed by atoms with E-state index in [0.717, 1.165) is 29.7 Å². The molecule has 0 unspecified atom stereocenters. The van der Waals surface area contributed by atoms with Crippen LogP contribution in [0.4, 0.5) is 0 Å². The van der Waals surface area contributed by atoms with E-state index in [1.165, 1.54) is 0 Å². The van der Waals surface area contributed by atoms with Crippen LogP contribution in [-0.4, -0.2) is 21.5 Å². The minimum Gasteiger partial charge on any atom is -0.348 e. The molecule has 1 amide bonds. The van der Waals surface area contributed by atoms with E-state index in [0.29, 0.717) is 16.6 Å². The lowest BCUT2D eigenvalue weighted by Crippen LogP contribution is -2.33. The summed E-state index contributed by atoms with van der Waals surface area (Å²) in [4.78, 5) is 17.0. The third kappa shape index (κ3) is 5.02. The highest BCUT2D eigenvalue weighted by Crippen LogP contribution is 2.25. The topological polar surface area (TPSA) is 46.9 Å². The maximum absolute atomic E-state index is 12.8. The number of aromatic nitrogens is 2. The fraction of sp³-hybridized carbons (Fsp3) is 0.304. The summed E-state index contributed by atoms with van der Waals surface area (Å²) in [5.74, 6) is 0.515. The van der Waals surface area contributed by atoms with Crippen LogP contribution in [-0.2, 0) is 0 Å². The number of nitrogens with one attached hydrogen (secondary N) is 1. The summed E-state index contributed by atoms with van der Waals surface area (Å²) >= 11 is 6.13. The summed E-state index contributed by atoms with van der Waals surface area (Å²) in [7, 11) is 0. The molecule has 0 saturated heterocycles. The first-order chi connectivity index (χ1) is 13.4. The molecule has 1 N–H and O–H groups in total. The summed E-state index contributed by atoms with van der Waals surface area (Å²) in [5, 5.41) is 3.78. The first-order valence-corrected chi connectivity index (χ1v) is 10.0. The molecule has 0 spiro atoms. The van der Waals surface area contributed by atoms with Crippen LogP contribution in [0.3, 0.4) is 0 Å². The Kier molecular flexibility index (Phi) is 6.53. The maximum Gasteiger partial charge on any atom is 0.270 e. The van der Waals surface area contributed by atoms with Crippen LogP contribution in [0.1, 0.15) is 44.1 Å². The van der Waals surface area contributed by atoms with Crippen molar-refractivity contribution in [2.75, 3.05) is 0 Å². The molecular weight excluding hydrogens is 370 g/mol. The molecule has 0 aliphatic heterocycles. The number of nitrogens with zero attached hydrogens (tertiary/aromatic N) is 2. The molecule has 3 rings (SSSR count). The van der Waals surface area contributed by atoms with E-state index in [4.69, 9.17) is 11.6 Å². The summed E-state index contributed by atoms with van der Waals surface area (Å²) < 4.78 is 1.82. The predicted molar refractivity (Wildman–Crippen MR) is 115 cm³/mol. The quantitative estimate of drug-likeness (QED) is 0.553. The standard InChI is InChI=1S/C23H26ClN3O/c1-16(2)10-11-17(3)26-23(28)22-14-25-15-27(22)21-9-5-7-19(13-21)18-6-4-8-20(24)12-18/h4-9,12-17H,10-11H2,1-3H3,(H,26,28)/t17-/m1/s1. The van der Waals surface area contributed by atoms with Crippen molar-refractivity contribution in [3.63, 3.8) is 0 Å². The van der Waals surface area contributed by atoms with Crippen LogP contribution in [0.2, 0.25) is 5.02 Å². The van der Waals surface area contributed by atoms with Gasteiger partial charge in [0.15, 0.2) is 0 Å². The van der Waals surface area contributed by atoms with Crippen molar-refractivity contribution >= 4 is 17.5 Å². The molecule has 0 saturated carbocycles. The molecule has 146 valence electrons. The fourth-order valence-electron chi connectivity index (χ4n) is 3.13. The third-order valence-corrected chi connectivity index (χ3v) is 4.94. The smallest absolute Gasteiger partial charge is 0.270 e. The van der Waals surface area contributed by atoms with Crippen molar-refractivity contribution in [3.05, 3.63) is 71.8 Å². The van der Waals surface area contributed by atoms with Crippen molar-refractivity contribution in [1.29, 1.82) is 0 Å². The van der Waals surface area contributed by atoms with Crippen molar-refractivity contribution in [1.82, 2.24) is 14.9 Å². The number of benzene rings is 2. The summed E-state index contributed by atoms with van der Waals surface area (Å²) in [6, 6.07) is 15.9. The number of imidazole rings is 1. The highest BCUT2D eigenvalue weighted by molar-refractivity contribution is 6.30. The lowest BCUT2D eigenvalue weighted by atomic mass is 10.0. The molecule has 0 bridgehead atoms. The zero-order valence-corrected chi connectivity index (χ0v) is 17.3. The average Bonchev–Trinajstić information content (AvgIpc) is 3.16. The number of hydrogen-bond donors (Lipinski definition) is 1. The van der Waals surface area contributed by atoms with Gasteiger partial charge in [-0.1, -0.05) is 49.7 Å². The SMILES string of the molecule is CC(C)CC[C@@H](C)NC(=O)c1cncn1-c1cccc(-c2cccc(Cl)c2)c1. The van der Waals surface area contributed by atoms with E-state index in [9.17, 15) is 4.79 Å². The van der Waals surface area contributed by atoms with Crippen LogP contribution in [0, 0.1) is 5.92 Å². The lowest BCUT2D eigenvalue weighted by Gasteiger charge is -2.16. The monoisotopic (exact) mass is 395 g/mol. The minimum atomic E-state index is -0.109. The summed E-state index contributed by atoms with van der Waals surface area (Å²) in [6.07, 6.45) is 5.32. The summed E-state index contributed by atoms with van der Waals surface area (Å²) in [5.41, 5.74) is 3.47. The lowest BCUT2D eigenvalue weighted by molar-refractivity contribution is 0.0930. The second kappa shape index (κ2) is 9.07. The molecule has 1 atom stereocenters. The Morgan fingerprint density at radius 3 is 2.50 bits per heavy atom. The van der Waals surface area contributed by atoms with Gasteiger partial charge in [0.2, 0.25) is 0 Å². The predicted octanol–water partition coefficient (Wildman–Crippen LogP) is 5.75. The van der Waals surface area contributed by atoms with Crippen molar-refractivity contribution in [2.24, 2.45) is 5.92 Å². The van der Waals surface area contributed by atoms with E-state index in [1.807, 2.05) is 60.0 Å². The van der Waals surface area contributed by atoms with Crippen LogP contribution >= 0.6 is 11.6 Å². The van der Waals surface area contributed by atoms with Crippen LogP contribution in [0.5, 0.6) is 0 Å². The van der Waals surface area contributed by atoms with Gasteiger partial charge in [0, 0.05) is 16.8 Å². The second-order valence-corrected chi connectivity index (χ2v) is 7.99.